The first-order valence-electron chi connectivity index (χ1n) is 9.93. The number of aliphatic hydroxyl groups excluding tert-OH is 7. The van der Waals surface area contributed by atoms with Gasteiger partial charge in [0.2, 0.25) is 6.29 Å². The highest BCUT2D eigenvalue weighted by Gasteiger charge is 2.48. The Labute approximate surface area is 198 Å². The van der Waals surface area contributed by atoms with Crippen molar-refractivity contribution in [2.75, 3.05) is 13.2 Å². The third-order valence-corrected chi connectivity index (χ3v) is 6.50. The molecule has 10 atom stereocenters. The lowest BCUT2D eigenvalue weighted by molar-refractivity contribution is -0.323. The van der Waals surface area contributed by atoms with Gasteiger partial charge in [-0.25, -0.2) is 0 Å². The van der Waals surface area contributed by atoms with Gasteiger partial charge in [-0.2, -0.15) is 0 Å². The number of halogens is 2. The molecule has 3 rings (SSSR count). The zero-order valence-corrected chi connectivity index (χ0v) is 18.7. The highest BCUT2D eigenvalue weighted by molar-refractivity contribution is 6.37. The standard InChI is InChI=1S/C19H26Cl2O12/c1-5-10(20)6(23)2-7(11(5)21)31-19-17(29)15(27)13(25)9(33-19)4-30-18-16(28)14(26)12(24)8(3-22)32-18/h2,8-9,12-19,22-29H,3-4H2,1H3/t8-,9-,12-,13-,14+,15+,16-,17-,18+,19+/m1/s1. The highest BCUT2D eigenvalue weighted by atomic mass is 35.5. The molecule has 0 saturated carbocycles. The molecule has 8 N–H and O–H groups in total. The Morgan fingerprint density at radius 2 is 1.36 bits per heavy atom. The lowest BCUT2D eigenvalue weighted by Gasteiger charge is -2.42. The summed E-state index contributed by atoms with van der Waals surface area (Å²) in [6, 6.07) is 1.09. The van der Waals surface area contributed by atoms with Crippen molar-refractivity contribution in [1.82, 2.24) is 0 Å². The Bertz CT molecular complexity index is 826. The minimum Gasteiger partial charge on any atom is -0.506 e. The monoisotopic (exact) mass is 516 g/mol. The molecule has 1 aromatic carbocycles. The van der Waals surface area contributed by atoms with E-state index < -0.39 is 74.6 Å². The van der Waals surface area contributed by atoms with Crippen molar-refractivity contribution >= 4 is 23.2 Å². The SMILES string of the molecule is Cc1c(Cl)c(O)cc(O[C@H]2O[C@H](CO[C@H]3O[C@H](CO)[C@@H](O)[C@H](O)[C@H]3O)[C@@H](O)[C@H](O)[C@H]2O)c1Cl. The molecule has 0 radical (unpaired) electrons. The summed E-state index contributed by atoms with van der Waals surface area (Å²) in [5, 5.41) is 79.7. The first-order chi connectivity index (χ1) is 15.5. The van der Waals surface area contributed by atoms with Crippen LogP contribution in [0.5, 0.6) is 11.5 Å². The molecule has 2 heterocycles. The first-order valence-corrected chi connectivity index (χ1v) is 10.7. The summed E-state index contributed by atoms with van der Waals surface area (Å²) >= 11 is 12.1. The highest BCUT2D eigenvalue weighted by Crippen LogP contribution is 2.40. The molecule has 2 fully saturated rings. The average molecular weight is 517 g/mol. The van der Waals surface area contributed by atoms with Gasteiger partial charge in [-0.3, -0.25) is 0 Å². The van der Waals surface area contributed by atoms with Crippen LogP contribution in [0.1, 0.15) is 5.56 Å². The van der Waals surface area contributed by atoms with Gasteiger partial charge in [0.25, 0.3) is 0 Å². The molecule has 0 aromatic heterocycles. The second-order valence-corrected chi connectivity index (χ2v) is 8.57. The van der Waals surface area contributed by atoms with Crippen molar-refractivity contribution in [3.05, 3.63) is 21.7 Å². The van der Waals surface area contributed by atoms with Crippen molar-refractivity contribution in [3.8, 4) is 11.5 Å². The molecule has 12 nitrogen and oxygen atoms in total. The smallest absolute Gasteiger partial charge is 0.229 e. The van der Waals surface area contributed by atoms with Gasteiger partial charge in [0.15, 0.2) is 6.29 Å². The number of benzene rings is 1. The molecule has 2 aliphatic rings. The van der Waals surface area contributed by atoms with Gasteiger partial charge >= 0.3 is 0 Å². The largest absolute Gasteiger partial charge is 0.506 e. The molecule has 14 heteroatoms. The zero-order chi connectivity index (χ0) is 24.6. The zero-order valence-electron chi connectivity index (χ0n) is 17.2. The number of hydrogen-bond acceptors (Lipinski definition) is 12. The minimum absolute atomic E-state index is 0.00118. The second kappa shape index (κ2) is 10.7. The maximum Gasteiger partial charge on any atom is 0.229 e. The Kier molecular flexibility index (Phi) is 8.65. The Hall–Kier alpha value is -1.00. The summed E-state index contributed by atoms with van der Waals surface area (Å²) in [6.07, 6.45) is -15.7. The van der Waals surface area contributed by atoms with Gasteiger partial charge in [-0.05, 0) is 12.5 Å². The molecule has 33 heavy (non-hydrogen) atoms. The third kappa shape index (κ3) is 5.32. The van der Waals surface area contributed by atoms with Crippen molar-refractivity contribution in [3.63, 3.8) is 0 Å². The maximum atomic E-state index is 10.3. The molecule has 0 unspecified atom stereocenters. The summed E-state index contributed by atoms with van der Waals surface area (Å²) < 4.78 is 21.6. The minimum atomic E-state index is -1.74. The average Bonchev–Trinajstić information content (AvgIpc) is 2.80. The van der Waals surface area contributed by atoms with E-state index in [1.165, 1.54) is 6.92 Å². The van der Waals surface area contributed by atoms with E-state index in [9.17, 15) is 40.9 Å². The van der Waals surface area contributed by atoms with Crippen LogP contribution in [-0.2, 0) is 14.2 Å². The van der Waals surface area contributed by atoms with Gasteiger partial charge < -0.3 is 59.8 Å². The summed E-state index contributed by atoms with van der Waals surface area (Å²) in [4.78, 5) is 0. The lowest BCUT2D eigenvalue weighted by atomic mass is 9.98. The van der Waals surface area contributed by atoms with Gasteiger partial charge in [0, 0.05) is 6.07 Å². The van der Waals surface area contributed by atoms with Gasteiger partial charge in [0.1, 0.15) is 60.3 Å². The lowest BCUT2D eigenvalue weighted by Crippen LogP contribution is -2.62. The van der Waals surface area contributed by atoms with E-state index in [0.29, 0.717) is 5.56 Å². The van der Waals surface area contributed by atoms with Crippen molar-refractivity contribution in [2.24, 2.45) is 0 Å². The van der Waals surface area contributed by atoms with Crippen LogP contribution in [0.3, 0.4) is 0 Å². The molecule has 0 bridgehead atoms. The summed E-state index contributed by atoms with van der Waals surface area (Å²) in [6.45, 7) is 0.333. The normalized spacial score (nSPS) is 39.5. The van der Waals surface area contributed by atoms with E-state index in [0.717, 1.165) is 6.07 Å². The fraction of sp³-hybridized carbons (Fsp3) is 0.684. The fourth-order valence-electron chi connectivity index (χ4n) is 3.48. The predicted molar refractivity (Wildman–Crippen MR) is 110 cm³/mol. The molecule has 2 saturated heterocycles. The van der Waals surface area contributed by atoms with E-state index in [4.69, 9.17) is 42.1 Å². The second-order valence-electron chi connectivity index (χ2n) is 7.81. The Balaban J connectivity index is 1.71. The number of aromatic hydroxyl groups is 1. The molecular formula is C19H26Cl2O12. The first kappa shape index (κ1) is 26.6. The van der Waals surface area contributed by atoms with E-state index in [1.807, 2.05) is 0 Å². The molecule has 0 aliphatic carbocycles. The van der Waals surface area contributed by atoms with E-state index in [-0.39, 0.29) is 21.5 Å². The van der Waals surface area contributed by atoms with Gasteiger partial charge in [-0.15, -0.1) is 0 Å². The third-order valence-electron chi connectivity index (χ3n) is 5.55. The molecular weight excluding hydrogens is 491 g/mol. The van der Waals surface area contributed by atoms with Crippen molar-refractivity contribution in [1.29, 1.82) is 0 Å². The quantitative estimate of drug-likeness (QED) is 0.207. The van der Waals surface area contributed by atoms with Crippen LogP contribution in [-0.4, -0.2) is 115 Å². The van der Waals surface area contributed by atoms with Crippen LogP contribution < -0.4 is 4.74 Å². The number of phenolic OH excluding ortho intramolecular Hbond substituents is 1. The van der Waals surface area contributed by atoms with Crippen LogP contribution in [0.15, 0.2) is 6.07 Å². The number of ether oxygens (including phenoxy) is 4. The van der Waals surface area contributed by atoms with E-state index in [1.54, 1.807) is 0 Å². The van der Waals surface area contributed by atoms with Crippen LogP contribution in [0.4, 0.5) is 0 Å². The molecule has 0 amide bonds. The number of rotatable bonds is 6. The van der Waals surface area contributed by atoms with Crippen LogP contribution in [0.2, 0.25) is 10.0 Å². The molecule has 0 spiro atoms. The summed E-state index contributed by atoms with van der Waals surface area (Å²) in [5.41, 5.74) is 0.293. The Morgan fingerprint density at radius 3 is 1.97 bits per heavy atom. The molecule has 2 aliphatic heterocycles. The summed E-state index contributed by atoms with van der Waals surface area (Å²) in [5.74, 6) is -0.459. The van der Waals surface area contributed by atoms with Crippen LogP contribution in [0.25, 0.3) is 0 Å². The van der Waals surface area contributed by atoms with Crippen molar-refractivity contribution < 1.29 is 59.8 Å². The number of aliphatic hydroxyl groups is 7. The fourth-order valence-corrected chi connectivity index (χ4v) is 3.87. The van der Waals surface area contributed by atoms with E-state index in [2.05, 4.69) is 0 Å². The van der Waals surface area contributed by atoms with Gasteiger partial charge in [0.05, 0.1) is 23.3 Å². The predicted octanol–water partition coefficient (Wildman–Crippen LogP) is -1.99. The molecule has 1 aromatic rings. The topological polar surface area (TPSA) is 199 Å². The van der Waals surface area contributed by atoms with Crippen molar-refractivity contribution in [2.45, 2.75) is 68.3 Å². The van der Waals surface area contributed by atoms with E-state index >= 15 is 0 Å². The van der Waals surface area contributed by atoms with Gasteiger partial charge in [-0.1, -0.05) is 23.2 Å². The number of phenols is 1. The van der Waals surface area contributed by atoms with Crippen LogP contribution >= 0.6 is 23.2 Å². The maximum absolute atomic E-state index is 10.3. The molecule has 188 valence electrons. The van der Waals surface area contributed by atoms with Crippen LogP contribution in [0, 0.1) is 6.92 Å². The Morgan fingerprint density at radius 1 is 0.818 bits per heavy atom. The summed E-state index contributed by atoms with van der Waals surface area (Å²) in [7, 11) is 0. The number of hydrogen-bond donors (Lipinski definition) is 8.